The van der Waals surface area contributed by atoms with Crippen molar-refractivity contribution in [2.75, 3.05) is 26.7 Å². The first kappa shape index (κ1) is 17.1. The Morgan fingerprint density at radius 1 is 0.900 bits per heavy atom. The van der Waals surface area contributed by atoms with Crippen LogP contribution >= 0.6 is 0 Å². The summed E-state index contributed by atoms with van der Waals surface area (Å²) in [5.41, 5.74) is 0. The minimum absolute atomic E-state index is 0. The quantitative estimate of drug-likeness (QED) is 0.415. The van der Waals surface area contributed by atoms with Gasteiger partial charge in [-0.05, 0) is 19.6 Å². The van der Waals surface area contributed by atoms with Crippen molar-refractivity contribution >= 4 is 0 Å². The van der Waals surface area contributed by atoms with E-state index in [1.807, 2.05) is 0 Å². The average molecular weight is 155 g/mol. The molecule has 0 radical (unpaired) electrons. The second-order valence-electron chi connectivity index (χ2n) is 1.62. The van der Waals surface area contributed by atoms with Gasteiger partial charge in [0.1, 0.15) is 0 Å². The van der Waals surface area contributed by atoms with Gasteiger partial charge in [-0.1, -0.05) is 20.8 Å². The van der Waals surface area contributed by atoms with E-state index in [4.69, 9.17) is 5.11 Å². The third-order valence-electron chi connectivity index (χ3n) is 1.34. The van der Waals surface area contributed by atoms with Gasteiger partial charge in [0.2, 0.25) is 0 Å². The van der Waals surface area contributed by atoms with Crippen LogP contribution in [0.25, 0.3) is 0 Å². The van der Waals surface area contributed by atoms with Crippen molar-refractivity contribution in [1.29, 1.82) is 0 Å². The third kappa shape index (κ3) is 11.7. The molecule has 0 saturated heterocycles. The zero-order chi connectivity index (χ0) is 7.70. The van der Waals surface area contributed by atoms with Gasteiger partial charge >= 0.3 is 29.6 Å². The molecule has 0 N–H and O–H groups in total. The molecule has 3 heteroatoms. The molecular formula is C7H18NNaO. The molecular weight excluding hydrogens is 137 g/mol. The maximum atomic E-state index is 8.25. The summed E-state index contributed by atoms with van der Waals surface area (Å²) in [4.78, 5) is 2.38. The fourth-order valence-electron chi connectivity index (χ4n) is 0.671. The molecule has 0 aliphatic carbocycles. The molecule has 2 nitrogen and oxygen atoms in total. The van der Waals surface area contributed by atoms with Gasteiger partial charge in [-0.15, -0.1) is 0 Å². The Morgan fingerprint density at radius 3 is 1.10 bits per heavy atom. The van der Waals surface area contributed by atoms with Crippen LogP contribution in [0.1, 0.15) is 20.8 Å². The minimum Gasteiger partial charge on any atom is -0.857 e. The van der Waals surface area contributed by atoms with E-state index in [9.17, 15) is 0 Å². The summed E-state index contributed by atoms with van der Waals surface area (Å²) in [6.07, 6.45) is 0. The van der Waals surface area contributed by atoms with Gasteiger partial charge < -0.3 is 10.0 Å². The van der Waals surface area contributed by atoms with Crippen molar-refractivity contribution in [1.82, 2.24) is 4.90 Å². The normalized spacial score (nSPS) is 7.80. The summed E-state index contributed by atoms with van der Waals surface area (Å²) in [5.74, 6) is 0. The molecule has 0 rings (SSSR count). The van der Waals surface area contributed by atoms with Crippen molar-refractivity contribution in [3.63, 3.8) is 0 Å². The van der Waals surface area contributed by atoms with E-state index < -0.39 is 0 Å². The minimum atomic E-state index is 0. The Bertz CT molecular complexity index is 35.1. The Balaban J connectivity index is -0.000000149. The summed E-state index contributed by atoms with van der Waals surface area (Å²) in [6, 6.07) is 0. The van der Waals surface area contributed by atoms with Crippen molar-refractivity contribution in [3.8, 4) is 0 Å². The van der Waals surface area contributed by atoms with Crippen LogP contribution in [0.15, 0.2) is 0 Å². The SMILES string of the molecule is CCN(CC)CC.C[O-].[Na+]. The molecule has 0 aromatic rings. The number of hydrogen-bond donors (Lipinski definition) is 0. The molecule has 0 amide bonds. The maximum absolute atomic E-state index is 8.25. The van der Waals surface area contributed by atoms with Crippen LogP contribution in [0.3, 0.4) is 0 Å². The fraction of sp³-hybridized carbons (Fsp3) is 1.00. The molecule has 0 unspecified atom stereocenters. The van der Waals surface area contributed by atoms with E-state index in [1.165, 1.54) is 19.6 Å². The smallest absolute Gasteiger partial charge is 0.857 e. The number of nitrogens with zero attached hydrogens (tertiary/aromatic N) is 1. The second-order valence-corrected chi connectivity index (χ2v) is 1.62. The van der Waals surface area contributed by atoms with Crippen molar-refractivity contribution in [2.45, 2.75) is 20.8 Å². The van der Waals surface area contributed by atoms with Gasteiger partial charge in [-0.25, -0.2) is 0 Å². The summed E-state index contributed by atoms with van der Waals surface area (Å²) in [5, 5.41) is 8.25. The number of rotatable bonds is 3. The van der Waals surface area contributed by atoms with Gasteiger partial charge in [0, 0.05) is 0 Å². The molecule has 0 atom stereocenters. The van der Waals surface area contributed by atoms with E-state index >= 15 is 0 Å². The van der Waals surface area contributed by atoms with Gasteiger partial charge in [-0.3, -0.25) is 0 Å². The van der Waals surface area contributed by atoms with Gasteiger partial charge in [0.05, 0.1) is 0 Å². The Hall–Kier alpha value is 0.920. The zero-order valence-corrected chi connectivity index (χ0v) is 9.98. The monoisotopic (exact) mass is 155 g/mol. The summed E-state index contributed by atoms with van der Waals surface area (Å²) < 4.78 is 0. The van der Waals surface area contributed by atoms with Crippen LogP contribution in [0.5, 0.6) is 0 Å². The Kier molecular flexibility index (Phi) is 28.2. The van der Waals surface area contributed by atoms with Crippen LogP contribution in [0, 0.1) is 0 Å². The van der Waals surface area contributed by atoms with Crippen LogP contribution in [-0.2, 0) is 0 Å². The second kappa shape index (κ2) is 16.5. The van der Waals surface area contributed by atoms with Gasteiger partial charge in [-0.2, -0.15) is 7.11 Å². The van der Waals surface area contributed by atoms with Crippen LogP contribution < -0.4 is 34.7 Å². The summed E-state index contributed by atoms with van der Waals surface area (Å²) >= 11 is 0. The first-order valence-corrected chi connectivity index (χ1v) is 3.48. The molecule has 0 saturated carbocycles. The Morgan fingerprint density at radius 2 is 1.10 bits per heavy atom. The predicted molar refractivity (Wildman–Crippen MR) is 39.4 cm³/mol. The largest absolute Gasteiger partial charge is 1.00 e. The van der Waals surface area contributed by atoms with E-state index in [0.717, 1.165) is 7.11 Å². The molecule has 0 heterocycles. The van der Waals surface area contributed by atoms with Crippen molar-refractivity contribution < 1.29 is 34.7 Å². The summed E-state index contributed by atoms with van der Waals surface area (Å²) in [6.45, 7) is 10.1. The molecule has 0 aromatic heterocycles. The first-order chi connectivity index (χ1) is 4.35. The molecule has 0 aromatic carbocycles. The zero-order valence-electron chi connectivity index (χ0n) is 7.98. The first-order valence-electron chi connectivity index (χ1n) is 3.48. The van der Waals surface area contributed by atoms with Crippen molar-refractivity contribution in [3.05, 3.63) is 0 Å². The van der Waals surface area contributed by atoms with E-state index in [0.29, 0.717) is 0 Å². The Labute approximate surface area is 86.9 Å². The molecule has 0 aliphatic heterocycles. The fourth-order valence-corrected chi connectivity index (χ4v) is 0.671. The standard InChI is InChI=1S/C6H15N.CH3O.Na/c1-4-7(5-2)6-3;1-2;/h4-6H2,1-3H3;1H3;/q;-1;+1. The molecule has 0 fully saturated rings. The van der Waals surface area contributed by atoms with Gasteiger partial charge in [0.25, 0.3) is 0 Å². The third-order valence-corrected chi connectivity index (χ3v) is 1.34. The van der Waals surface area contributed by atoms with Gasteiger partial charge in [0.15, 0.2) is 0 Å². The predicted octanol–water partition coefficient (Wildman–Crippen LogP) is -2.67. The van der Waals surface area contributed by atoms with Crippen molar-refractivity contribution in [2.24, 2.45) is 0 Å². The maximum Gasteiger partial charge on any atom is 1.00 e. The van der Waals surface area contributed by atoms with E-state index in [1.54, 1.807) is 0 Å². The number of hydrogen-bond acceptors (Lipinski definition) is 2. The topological polar surface area (TPSA) is 26.3 Å². The molecule has 58 valence electrons. The van der Waals surface area contributed by atoms with E-state index in [2.05, 4.69) is 25.7 Å². The van der Waals surface area contributed by atoms with Crippen LogP contribution in [0.4, 0.5) is 0 Å². The molecule has 0 aliphatic rings. The van der Waals surface area contributed by atoms with E-state index in [-0.39, 0.29) is 29.6 Å². The molecule has 0 spiro atoms. The summed E-state index contributed by atoms with van der Waals surface area (Å²) in [7, 11) is 0.750. The average Bonchev–Trinajstić information content (AvgIpc) is 1.96. The molecule has 10 heavy (non-hydrogen) atoms. The molecule has 0 bridgehead atoms. The van der Waals surface area contributed by atoms with Crippen LogP contribution in [-0.4, -0.2) is 31.6 Å². The van der Waals surface area contributed by atoms with Crippen LogP contribution in [0.2, 0.25) is 0 Å².